The molecule has 0 saturated heterocycles. The molecule has 0 amide bonds. The fraction of sp³-hybridized carbons (Fsp3) is 0.424. The summed E-state index contributed by atoms with van der Waals surface area (Å²) in [6.07, 6.45) is 0. The van der Waals surface area contributed by atoms with Gasteiger partial charge in [-0.05, 0) is 131 Å². The Morgan fingerprint density at radius 1 is 0.425 bits per heavy atom. The lowest BCUT2D eigenvalue weighted by atomic mass is 9.86. The highest BCUT2D eigenvalue weighted by Crippen LogP contribution is 2.67. The van der Waals surface area contributed by atoms with Crippen LogP contribution >= 0.6 is 22.7 Å². The third-order valence-corrected chi connectivity index (χ3v) is 15.5. The third-order valence-electron chi connectivity index (χ3n) is 13.0. The van der Waals surface area contributed by atoms with Crippen LogP contribution in [0.3, 0.4) is 0 Å². The molecule has 0 aliphatic heterocycles. The molecule has 392 valence electrons. The number of benzene rings is 4. The van der Waals surface area contributed by atoms with Crippen LogP contribution < -0.4 is 9.47 Å². The highest BCUT2D eigenvalue weighted by Gasteiger charge is 2.80. The van der Waals surface area contributed by atoms with E-state index in [9.17, 15) is 0 Å². The van der Waals surface area contributed by atoms with Crippen molar-refractivity contribution in [2.75, 3.05) is 67.1 Å². The van der Waals surface area contributed by atoms with Gasteiger partial charge in [-0.2, -0.15) is 26.3 Å². The van der Waals surface area contributed by atoms with Crippen molar-refractivity contribution in [3.05, 3.63) is 129 Å². The largest absolute Gasteiger partial charge is 0.491 e. The molecule has 0 bridgehead atoms. The number of alkyl halides is 6. The van der Waals surface area contributed by atoms with Gasteiger partial charge in [0.05, 0.1) is 39.6 Å². The van der Waals surface area contributed by atoms with E-state index in [1.807, 2.05) is 118 Å². The molecule has 0 N–H and O–H groups in total. The van der Waals surface area contributed by atoms with E-state index in [4.69, 9.17) is 28.4 Å². The normalized spacial score (nSPS) is 15.4. The van der Waals surface area contributed by atoms with E-state index in [1.165, 1.54) is 12.1 Å². The summed E-state index contributed by atoms with van der Waals surface area (Å²) in [4.78, 5) is 1.14. The van der Waals surface area contributed by atoms with Gasteiger partial charge in [-0.1, -0.05) is 90.1 Å². The summed E-state index contributed by atoms with van der Waals surface area (Å²) in [5, 5.41) is 0. The van der Waals surface area contributed by atoms with Crippen LogP contribution in [0.4, 0.5) is 26.3 Å². The first-order valence-electron chi connectivity index (χ1n) is 24.3. The Morgan fingerprint density at radius 3 is 1.04 bits per heavy atom. The Bertz CT molecular complexity index is 2680. The minimum Gasteiger partial charge on any atom is -0.491 e. The van der Waals surface area contributed by atoms with E-state index in [-0.39, 0.29) is 33.8 Å². The van der Waals surface area contributed by atoms with Crippen LogP contribution in [0.25, 0.3) is 52.9 Å². The van der Waals surface area contributed by atoms with Gasteiger partial charge in [-0.15, -0.1) is 22.7 Å². The van der Waals surface area contributed by atoms with E-state index in [1.54, 1.807) is 38.5 Å². The molecule has 2 aromatic heterocycles. The number of hydrogen-bond acceptors (Lipinski definition) is 8. The first-order chi connectivity index (χ1) is 34.3. The van der Waals surface area contributed by atoms with Gasteiger partial charge in [0.2, 0.25) is 0 Å². The lowest BCUT2D eigenvalue weighted by Gasteiger charge is -2.26. The predicted octanol–water partition coefficient (Wildman–Crippen LogP) is 16.2. The van der Waals surface area contributed by atoms with Crippen molar-refractivity contribution >= 4 is 33.8 Å². The molecule has 1 aliphatic carbocycles. The molecule has 6 aromatic rings. The van der Waals surface area contributed by atoms with Crippen molar-refractivity contribution in [2.45, 2.75) is 97.8 Å². The van der Waals surface area contributed by atoms with Crippen molar-refractivity contribution in [3.8, 4) is 53.3 Å². The molecule has 7 rings (SSSR count). The monoisotopic (exact) mass is 1050 g/mol. The molecule has 0 unspecified atom stereocenters. The maximum Gasteiger partial charge on any atom is 0.380 e. The third kappa shape index (κ3) is 11.5. The number of hydrogen-bond donors (Lipinski definition) is 0. The molecule has 0 fully saturated rings. The molecule has 73 heavy (non-hydrogen) atoms. The number of thiophene rings is 2. The van der Waals surface area contributed by atoms with Gasteiger partial charge >= 0.3 is 17.8 Å². The Labute approximate surface area is 434 Å². The van der Waals surface area contributed by atoms with Crippen LogP contribution in [0.5, 0.6) is 11.5 Å². The van der Waals surface area contributed by atoms with E-state index >= 15 is 26.3 Å². The van der Waals surface area contributed by atoms with Crippen LogP contribution in [0.15, 0.2) is 84.9 Å². The van der Waals surface area contributed by atoms with E-state index < -0.39 is 40.0 Å². The zero-order valence-corrected chi connectivity index (χ0v) is 45.4. The minimum absolute atomic E-state index is 0.150. The molecule has 0 atom stereocenters. The standard InChI is InChI=1S/C59H66F6O6S2/c1-35-29-41(30-36(2)51(35)70-27-25-68-23-21-66-11)47-33-45(53(72-47)39-13-17-43(18-14-39)55(5,6)7)49-50(58(62,63)59(64,65)57(49,60)61)46-34-48(73-54(46)40-15-19-44(20-16-40)56(8,9)10)42-31-37(3)52(38(4)32-42)71-28-26-69-24-22-67-12/h13-20,29-34H,21-28H2,1-12H3. The highest BCUT2D eigenvalue weighted by atomic mass is 32.1. The smallest absolute Gasteiger partial charge is 0.380 e. The quantitative estimate of drug-likeness (QED) is 0.0561. The Kier molecular flexibility index (Phi) is 16.9. The minimum atomic E-state index is -5.81. The molecule has 4 aromatic carbocycles. The van der Waals surface area contributed by atoms with Gasteiger partial charge in [-0.3, -0.25) is 0 Å². The summed E-state index contributed by atoms with van der Waals surface area (Å²) in [5.74, 6) is -15.3. The summed E-state index contributed by atoms with van der Waals surface area (Å²) >= 11 is 2.17. The summed E-state index contributed by atoms with van der Waals surface area (Å²) in [6.45, 7) is 22.4. The van der Waals surface area contributed by atoms with Gasteiger partial charge in [0.25, 0.3) is 0 Å². The SMILES string of the molecule is COCCOCCOc1c(C)cc(-c2cc(C3=C(c4cc(-c5cc(C)c(OCCOCCOC)c(C)c5)sc4-c4ccc(C(C)(C)C)cc4)C(F)(F)C(F)(F)C3(F)F)c(-c3ccc(C(C)(C)C)cc3)s2)cc1C. The topological polar surface area (TPSA) is 55.4 Å². The van der Waals surface area contributed by atoms with Gasteiger partial charge in [0, 0.05) is 56.0 Å². The highest BCUT2D eigenvalue weighted by molar-refractivity contribution is 7.19. The number of allylic oxidation sites excluding steroid dienone is 2. The van der Waals surface area contributed by atoms with Crippen molar-refractivity contribution in [3.63, 3.8) is 0 Å². The zero-order chi connectivity index (χ0) is 53.3. The molecule has 1 aliphatic rings. The lowest BCUT2D eigenvalue weighted by Crippen LogP contribution is -2.48. The van der Waals surface area contributed by atoms with Crippen molar-refractivity contribution in [2.24, 2.45) is 0 Å². The van der Waals surface area contributed by atoms with Gasteiger partial charge < -0.3 is 28.4 Å². The molecule has 0 spiro atoms. The lowest BCUT2D eigenvalue weighted by molar-refractivity contribution is -0.254. The fourth-order valence-electron chi connectivity index (χ4n) is 9.08. The van der Waals surface area contributed by atoms with Crippen molar-refractivity contribution in [1.29, 1.82) is 0 Å². The number of aryl methyl sites for hydroxylation is 4. The maximum atomic E-state index is 17.3. The summed E-state index contributed by atoms with van der Waals surface area (Å²) in [5.41, 5.74) is 2.61. The maximum absolute atomic E-state index is 17.3. The fourth-order valence-corrected chi connectivity index (χ4v) is 11.4. The number of rotatable bonds is 20. The Balaban J connectivity index is 1.46. The van der Waals surface area contributed by atoms with Crippen LogP contribution in [0.1, 0.15) is 86.1 Å². The van der Waals surface area contributed by atoms with E-state index in [0.717, 1.165) is 56.1 Å². The average Bonchev–Trinajstić information content (AvgIpc) is 3.99. The van der Waals surface area contributed by atoms with Gasteiger partial charge in [-0.25, -0.2) is 0 Å². The molecule has 0 radical (unpaired) electrons. The predicted molar refractivity (Wildman–Crippen MR) is 285 cm³/mol. The molecular formula is C59H66F6O6S2. The van der Waals surface area contributed by atoms with Crippen LogP contribution in [-0.4, -0.2) is 84.8 Å². The second-order valence-electron chi connectivity index (χ2n) is 20.6. The second kappa shape index (κ2) is 22.1. The van der Waals surface area contributed by atoms with Gasteiger partial charge in [0.15, 0.2) is 0 Å². The Morgan fingerprint density at radius 2 is 0.740 bits per heavy atom. The van der Waals surface area contributed by atoms with Crippen LogP contribution in [0, 0.1) is 27.7 Å². The summed E-state index contributed by atoms with van der Waals surface area (Å²) in [7, 11) is 3.17. The number of methoxy groups -OCH3 is 2. The first-order valence-corrected chi connectivity index (χ1v) is 26.0. The van der Waals surface area contributed by atoms with E-state index in [0.29, 0.717) is 83.1 Å². The summed E-state index contributed by atoms with van der Waals surface area (Å²) in [6, 6.07) is 24.4. The van der Waals surface area contributed by atoms with Crippen LogP contribution in [0.2, 0.25) is 0 Å². The number of ether oxygens (including phenoxy) is 6. The molecule has 14 heteroatoms. The van der Waals surface area contributed by atoms with Crippen molar-refractivity contribution in [1.82, 2.24) is 0 Å². The first kappa shape index (κ1) is 55.8. The average molecular weight is 1050 g/mol. The second-order valence-corrected chi connectivity index (χ2v) is 22.7. The molecule has 6 nitrogen and oxygen atoms in total. The molecular weight excluding hydrogens is 983 g/mol. The molecule has 2 heterocycles. The van der Waals surface area contributed by atoms with E-state index in [2.05, 4.69) is 0 Å². The van der Waals surface area contributed by atoms with Crippen LogP contribution in [-0.2, 0) is 29.8 Å². The zero-order valence-electron chi connectivity index (χ0n) is 43.8. The molecule has 0 saturated carbocycles. The summed E-state index contributed by atoms with van der Waals surface area (Å²) < 4.78 is 136. The van der Waals surface area contributed by atoms with Gasteiger partial charge in [0.1, 0.15) is 24.7 Å². The van der Waals surface area contributed by atoms with Crippen molar-refractivity contribution < 1.29 is 54.8 Å². The number of halogens is 6. The Hall–Kier alpha value is -4.96.